The van der Waals surface area contributed by atoms with E-state index in [0.717, 1.165) is 38.6 Å². The van der Waals surface area contributed by atoms with Crippen LogP contribution in [-0.4, -0.2) is 80.1 Å². The highest BCUT2D eigenvalue weighted by Crippen LogP contribution is 2.08. The van der Waals surface area contributed by atoms with Crippen molar-refractivity contribution in [2.45, 2.75) is 32.1 Å². The van der Waals surface area contributed by atoms with Crippen LogP contribution in [0.3, 0.4) is 0 Å². The summed E-state index contributed by atoms with van der Waals surface area (Å²) >= 11 is 0. The number of piperidine rings is 1. The van der Waals surface area contributed by atoms with Gasteiger partial charge in [-0.15, -0.1) is 24.0 Å². The lowest BCUT2D eigenvalue weighted by atomic mass is 10.1. The average molecular weight is 409 g/mol. The van der Waals surface area contributed by atoms with Crippen LogP contribution in [0.15, 0.2) is 4.99 Å². The van der Waals surface area contributed by atoms with Crippen molar-refractivity contribution in [1.29, 1.82) is 0 Å². The first-order chi connectivity index (χ1) is 9.75. The van der Waals surface area contributed by atoms with E-state index in [1.807, 2.05) is 0 Å². The molecule has 0 aromatic rings. The molecule has 2 aliphatic heterocycles. The average Bonchev–Trinajstić information content (AvgIpc) is 2.69. The van der Waals surface area contributed by atoms with Gasteiger partial charge in [0.05, 0.1) is 0 Å². The molecule has 0 saturated carbocycles. The number of likely N-dealkylation sites (tertiary alicyclic amines) is 1. The van der Waals surface area contributed by atoms with Gasteiger partial charge in [-0.3, -0.25) is 4.99 Å². The molecule has 2 rings (SSSR count). The van der Waals surface area contributed by atoms with Crippen LogP contribution in [0.2, 0.25) is 0 Å². The molecule has 124 valence electrons. The van der Waals surface area contributed by atoms with Crippen molar-refractivity contribution >= 4 is 29.9 Å². The Hall–Kier alpha value is -0.0800. The summed E-state index contributed by atoms with van der Waals surface area (Å²) in [6, 6.07) is 0. The van der Waals surface area contributed by atoms with Gasteiger partial charge in [-0.2, -0.15) is 0 Å². The standard InChI is InChI=1S/C15H31N5.HI/c1-18-8-6-10-19(14-13-18)9-5-7-17-15(16)20-11-3-2-4-12-20;/h2-14H2,1H3,(H2,16,17);1H. The first kappa shape index (κ1) is 19.0. The summed E-state index contributed by atoms with van der Waals surface area (Å²) < 4.78 is 0. The molecule has 0 aliphatic carbocycles. The lowest BCUT2D eigenvalue weighted by Gasteiger charge is -2.27. The number of halogens is 1. The molecule has 0 atom stereocenters. The van der Waals surface area contributed by atoms with Crippen LogP contribution in [-0.2, 0) is 0 Å². The molecule has 6 heteroatoms. The van der Waals surface area contributed by atoms with Crippen molar-refractivity contribution in [2.75, 3.05) is 59.4 Å². The molecule has 0 aromatic heterocycles. The zero-order valence-electron chi connectivity index (χ0n) is 13.5. The minimum atomic E-state index is 0. The Morgan fingerprint density at radius 3 is 2.48 bits per heavy atom. The van der Waals surface area contributed by atoms with Crippen LogP contribution >= 0.6 is 24.0 Å². The zero-order chi connectivity index (χ0) is 14.2. The van der Waals surface area contributed by atoms with Gasteiger partial charge < -0.3 is 20.4 Å². The molecule has 2 N–H and O–H groups in total. The van der Waals surface area contributed by atoms with E-state index < -0.39 is 0 Å². The number of hydrogen-bond acceptors (Lipinski definition) is 3. The number of rotatable bonds is 4. The predicted molar refractivity (Wildman–Crippen MR) is 100 cm³/mol. The molecular weight excluding hydrogens is 377 g/mol. The van der Waals surface area contributed by atoms with Crippen LogP contribution in [0.1, 0.15) is 32.1 Å². The third kappa shape index (κ3) is 7.15. The van der Waals surface area contributed by atoms with Gasteiger partial charge in [-0.05, 0) is 58.8 Å². The number of likely N-dealkylation sites (N-methyl/N-ethyl adjacent to an activating group) is 1. The van der Waals surface area contributed by atoms with Gasteiger partial charge in [0, 0.05) is 32.7 Å². The summed E-state index contributed by atoms with van der Waals surface area (Å²) in [5, 5.41) is 0. The molecule has 0 spiro atoms. The highest BCUT2D eigenvalue weighted by molar-refractivity contribution is 14.0. The Morgan fingerprint density at radius 2 is 1.71 bits per heavy atom. The minimum Gasteiger partial charge on any atom is -0.370 e. The van der Waals surface area contributed by atoms with Gasteiger partial charge in [-0.1, -0.05) is 0 Å². The van der Waals surface area contributed by atoms with E-state index >= 15 is 0 Å². The smallest absolute Gasteiger partial charge is 0.191 e. The van der Waals surface area contributed by atoms with E-state index in [0.29, 0.717) is 0 Å². The maximum Gasteiger partial charge on any atom is 0.191 e. The maximum absolute atomic E-state index is 6.07. The van der Waals surface area contributed by atoms with Crippen molar-refractivity contribution in [3.8, 4) is 0 Å². The van der Waals surface area contributed by atoms with Gasteiger partial charge in [0.2, 0.25) is 0 Å². The zero-order valence-corrected chi connectivity index (χ0v) is 15.8. The van der Waals surface area contributed by atoms with Gasteiger partial charge in [0.15, 0.2) is 5.96 Å². The number of hydrogen-bond donors (Lipinski definition) is 1. The summed E-state index contributed by atoms with van der Waals surface area (Å²) in [5.74, 6) is 0.764. The van der Waals surface area contributed by atoms with Crippen molar-refractivity contribution in [3.05, 3.63) is 0 Å². The minimum absolute atomic E-state index is 0. The van der Waals surface area contributed by atoms with E-state index in [9.17, 15) is 0 Å². The van der Waals surface area contributed by atoms with Crippen LogP contribution in [0, 0.1) is 0 Å². The van der Waals surface area contributed by atoms with E-state index in [2.05, 4.69) is 26.7 Å². The second-order valence-electron chi connectivity index (χ2n) is 6.14. The number of aliphatic imine (C=N–C) groups is 1. The molecule has 0 amide bonds. The molecule has 2 aliphatic rings. The number of nitrogens with zero attached hydrogens (tertiary/aromatic N) is 4. The maximum atomic E-state index is 6.07. The third-order valence-electron chi connectivity index (χ3n) is 4.40. The highest BCUT2D eigenvalue weighted by atomic mass is 127. The predicted octanol–water partition coefficient (Wildman–Crippen LogP) is 1.43. The fraction of sp³-hybridized carbons (Fsp3) is 0.933. The summed E-state index contributed by atoms with van der Waals surface area (Å²) in [4.78, 5) is 11.8. The summed E-state index contributed by atoms with van der Waals surface area (Å²) in [5.41, 5.74) is 6.07. The Morgan fingerprint density at radius 1 is 0.952 bits per heavy atom. The first-order valence-corrected chi connectivity index (χ1v) is 8.21. The van der Waals surface area contributed by atoms with Gasteiger partial charge >= 0.3 is 0 Å². The van der Waals surface area contributed by atoms with E-state index in [1.165, 1.54) is 51.9 Å². The molecule has 0 aromatic carbocycles. The van der Waals surface area contributed by atoms with Crippen LogP contribution < -0.4 is 5.73 Å². The summed E-state index contributed by atoms with van der Waals surface area (Å²) in [7, 11) is 2.22. The number of nitrogens with two attached hydrogens (primary N) is 1. The van der Waals surface area contributed by atoms with Gasteiger partial charge in [0.25, 0.3) is 0 Å². The van der Waals surface area contributed by atoms with Crippen molar-refractivity contribution < 1.29 is 0 Å². The van der Waals surface area contributed by atoms with E-state index in [-0.39, 0.29) is 24.0 Å². The van der Waals surface area contributed by atoms with Crippen molar-refractivity contribution in [3.63, 3.8) is 0 Å². The van der Waals surface area contributed by atoms with Crippen LogP contribution in [0.25, 0.3) is 0 Å². The molecule has 0 radical (unpaired) electrons. The largest absolute Gasteiger partial charge is 0.370 e. The molecule has 2 saturated heterocycles. The monoisotopic (exact) mass is 409 g/mol. The molecule has 21 heavy (non-hydrogen) atoms. The quantitative estimate of drug-likeness (QED) is 0.330. The Kier molecular flexibility index (Phi) is 9.59. The third-order valence-corrected chi connectivity index (χ3v) is 4.40. The van der Waals surface area contributed by atoms with E-state index in [4.69, 9.17) is 5.73 Å². The van der Waals surface area contributed by atoms with Gasteiger partial charge in [0.1, 0.15) is 0 Å². The molecule has 0 bridgehead atoms. The molecule has 0 unspecified atom stereocenters. The first-order valence-electron chi connectivity index (χ1n) is 8.21. The van der Waals surface area contributed by atoms with Gasteiger partial charge in [-0.25, -0.2) is 0 Å². The summed E-state index contributed by atoms with van der Waals surface area (Å²) in [6.45, 7) is 9.06. The lowest BCUT2D eigenvalue weighted by molar-refractivity contribution is 0.274. The van der Waals surface area contributed by atoms with Crippen molar-refractivity contribution in [2.24, 2.45) is 10.7 Å². The van der Waals surface area contributed by atoms with Crippen LogP contribution in [0.5, 0.6) is 0 Å². The Labute approximate surface area is 146 Å². The van der Waals surface area contributed by atoms with E-state index in [1.54, 1.807) is 0 Å². The number of guanidine groups is 1. The second-order valence-corrected chi connectivity index (χ2v) is 6.14. The SMILES string of the molecule is CN1CCCN(CCCN=C(N)N2CCCCC2)CC1.I. The fourth-order valence-corrected chi connectivity index (χ4v) is 3.03. The fourth-order valence-electron chi connectivity index (χ4n) is 3.03. The highest BCUT2D eigenvalue weighted by Gasteiger charge is 2.12. The van der Waals surface area contributed by atoms with Crippen molar-refractivity contribution in [1.82, 2.24) is 14.7 Å². The Balaban J connectivity index is 0.00000220. The second kappa shape index (κ2) is 10.6. The molecule has 5 nitrogen and oxygen atoms in total. The molecular formula is C15H32IN5. The topological polar surface area (TPSA) is 48.1 Å². The summed E-state index contributed by atoms with van der Waals surface area (Å²) in [6.07, 6.45) is 6.27. The van der Waals surface area contributed by atoms with Crippen LogP contribution in [0.4, 0.5) is 0 Å². The lowest BCUT2D eigenvalue weighted by Crippen LogP contribution is -2.41. The molecule has 2 heterocycles. The Bertz CT molecular complexity index is 304. The normalized spacial score (nSPS) is 22.7. The molecule has 2 fully saturated rings.